The van der Waals surface area contributed by atoms with E-state index < -0.39 is 0 Å². The van der Waals surface area contributed by atoms with Crippen molar-refractivity contribution in [1.82, 2.24) is 0 Å². The number of anilines is 3. The molecular weight excluding hydrogens is 679 g/mol. The van der Waals surface area contributed by atoms with Gasteiger partial charge in [-0.25, -0.2) is 0 Å². The van der Waals surface area contributed by atoms with Gasteiger partial charge in [0.1, 0.15) is 11.2 Å². The molecule has 1 heterocycles. The first kappa shape index (κ1) is 32.0. The largest absolute Gasteiger partial charge is 0.455 e. The van der Waals surface area contributed by atoms with Crippen LogP contribution in [-0.2, 0) is 0 Å². The highest BCUT2D eigenvalue weighted by atomic mass is 16.3. The molecule has 0 aliphatic heterocycles. The van der Waals surface area contributed by atoms with Crippen LogP contribution in [0.25, 0.3) is 87.6 Å². The van der Waals surface area contributed by atoms with Crippen LogP contribution >= 0.6 is 0 Å². The molecule has 0 N–H and O–H groups in total. The van der Waals surface area contributed by atoms with E-state index in [9.17, 15) is 0 Å². The molecule has 0 fully saturated rings. The molecule has 11 rings (SSSR count). The van der Waals surface area contributed by atoms with Gasteiger partial charge in [-0.2, -0.15) is 0 Å². The Morgan fingerprint density at radius 3 is 1.59 bits per heavy atom. The quantitative estimate of drug-likeness (QED) is 0.171. The first-order chi connectivity index (χ1) is 27.7. The van der Waals surface area contributed by atoms with Crippen LogP contribution in [0.4, 0.5) is 17.1 Å². The molecule has 10 aromatic carbocycles. The molecule has 1 aromatic heterocycles. The summed E-state index contributed by atoms with van der Waals surface area (Å²) in [7, 11) is 0. The van der Waals surface area contributed by atoms with Gasteiger partial charge in [-0.1, -0.05) is 152 Å². The molecule has 0 unspecified atom stereocenters. The monoisotopic (exact) mass is 713 g/mol. The molecule has 0 saturated heterocycles. The third kappa shape index (κ3) is 5.42. The molecule has 0 spiro atoms. The first-order valence-corrected chi connectivity index (χ1v) is 19.2. The fourth-order valence-corrected chi connectivity index (χ4v) is 8.46. The highest BCUT2D eigenvalue weighted by Crippen LogP contribution is 2.43. The third-order valence-electron chi connectivity index (χ3n) is 11.2. The second-order valence-corrected chi connectivity index (χ2v) is 14.5. The lowest BCUT2D eigenvalue weighted by Crippen LogP contribution is -2.09. The Hall–Kier alpha value is -7.42. The van der Waals surface area contributed by atoms with Gasteiger partial charge >= 0.3 is 0 Å². The van der Waals surface area contributed by atoms with E-state index in [1.165, 1.54) is 49.2 Å². The number of fused-ring (bicyclic) bond motifs is 7. The van der Waals surface area contributed by atoms with Crippen molar-refractivity contribution in [3.63, 3.8) is 0 Å². The maximum atomic E-state index is 6.63. The predicted molar refractivity (Wildman–Crippen MR) is 237 cm³/mol. The zero-order valence-electron chi connectivity index (χ0n) is 30.6. The third-order valence-corrected chi connectivity index (χ3v) is 11.2. The van der Waals surface area contributed by atoms with Crippen LogP contribution in [0.5, 0.6) is 0 Å². The summed E-state index contributed by atoms with van der Waals surface area (Å²) < 4.78 is 6.63. The Balaban J connectivity index is 0.979. The summed E-state index contributed by atoms with van der Waals surface area (Å²) in [6, 6.07) is 76.4. The number of para-hydroxylation sites is 1. The number of hydrogen-bond acceptors (Lipinski definition) is 2. The van der Waals surface area contributed by atoms with E-state index in [1.807, 2.05) is 0 Å². The van der Waals surface area contributed by atoms with Gasteiger partial charge in [0.25, 0.3) is 0 Å². The molecule has 0 bridgehead atoms. The summed E-state index contributed by atoms with van der Waals surface area (Å²) in [5.74, 6) is 0. The second-order valence-electron chi connectivity index (χ2n) is 14.5. The number of nitrogens with zero attached hydrogens (tertiary/aromatic N) is 1. The van der Waals surface area contributed by atoms with E-state index in [1.54, 1.807) is 0 Å². The summed E-state index contributed by atoms with van der Waals surface area (Å²) in [6.07, 6.45) is 0. The molecule has 2 nitrogen and oxygen atoms in total. The van der Waals surface area contributed by atoms with Crippen molar-refractivity contribution < 1.29 is 4.42 Å². The summed E-state index contributed by atoms with van der Waals surface area (Å²) >= 11 is 0. The average molecular weight is 714 g/mol. The van der Waals surface area contributed by atoms with Crippen LogP contribution in [0.1, 0.15) is 0 Å². The highest BCUT2D eigenvalue weighted by molar-refractivity contribution is 6.21. The molecule has 0 saturated carbocycles. The number of rotatable bonds is 6. The molecule has 0 aliphatic rings. The van der Waals surface area contributed by atoms with Crippen molar-refractivity contribution in [2.45, 2.75) is 0 Å². The predicted octanol–water partition coefficient (Wildman–Crippen LogP) is 15.5. The maximum absolute atomic E-state index is 6.63. The van der Waals surface area contributed by atoms with Gasteiger partial charge in [0.05, 0.1) is 0 Å². The molecular formula is C54H35NO. The van der Waals surface area contributed by atoms with E-state index in [-0.39, 0.29) is 0 Å². The van der Waals surface area contributed by atoms with Crippen LogP contribution in [0, 0.1) is 0 Å². The summed E-state index contributed by atoms with van der Waals surface area (Å²) in [5, 5.41) is 9.55. The first-order valence-electron chi connectivity index (χ1n) is 19.2. The Morgan fingerprint density at radius 2 is 0.839 bits per heavy atom. The van der Waals surface area contributed by atoms with Crippen molar-refractivity contribution in [3.05, 3.63) is 212 Å². The lowest BCUT2D eigenvalue weighted by Gasteiger charge is -2.26. The van der Waals surface area contributed by atoms with Crippen molar-refractivity contribution >= 4 is 71.3 Å². The van der Waals surface area contributed by atoms with Gasteiger partial charge in [0.15, 0.2) is 0 Å². The minimum absolute atomic E-state index is 0.892. The smallest absolute Gasteiger partial charge is 0.143 e. The fourth-order valence-electron chi connectivity index (χ4n) is 8.46. The van der Waals surface area contributed by atoms with Gasteiger partial charge < -0.3 is 9.32 Å². The van der Waals surface area contributed by atoms with Crippen LogP contribution in [0.15, 0.2) is 217 Å². The standard InChI is InChI=1S/C54H35NO/c1-2-15-43(16-3-1)55(44-28-23-37(24-29-44)41-22-21-36-11-4-5-13-40(36)33-41)45-30-25-38(26-31-45)42-27-32-53-51(34-42)52-35-50(48-18-8-9-19-49(48)54(52)56-53)47-20-10-14-39-12-6-7-17-46(39)47/h1-35H. The molecule has 0 aliphatic carbocycles. The number of furan rings is 1. The van der Waals surface area contributed by atoms with E-state index in [2.05, 4.69) is 217 Å². The van der Waals surface area contributed by atoms with E-state index >= 15 is 0 Å². The molecule has 11 aromatic rings. The van der Waals surface area contributed by atoms with Gasteiger partial charge in [-0.3, -0.25) is 0 Å². The molecule has 2 heteroatoms. The van der Waals surface area contributed by atoms with Crippen molar-refractivity contribution in [2.24, 2.45) is 0 Å². The molecule has 56 heavy (non-hydrogen) atoms. The Labute approximate surface area is 325 Å². The van der Waals surface area contributed by atoms with Crippen molar-refractivity contribution in [1.29, 1.82) is 0 Å². The topological polar surface area (TPSA) is 16.4 Å². The van der Waals surface area contributed by atoms with Gasteiger partial charge in [0.2, 0.25) is 0 Å². The van der Waals surface area contributed by atoms with E-state index in [0.29, 0.717) is 0 Å². The lowest BCUT2D eigenvalue weighted by molar-refractivity contribution is 0.673. The molecule has 0 atom stereocenters. The zero-order chi connectivity index (χ0) is 37.0. The van der Waals surface area contributed by atoms with Crippen LogP contribution in [0.3, 0.4) is 0 Å². The minimum Gasteiger partial charge on any atom is -0.455 e. The number of hydrogen-bond donors (Lipinski definition) is 0. The second kappa shape index (κ2) is 13.2. The van der Waals surface area contributed by atoms with Crippen LogP contribution < -0.4 is 4.90 Å². The van der Waals surface area contributed by atoms with Gasteiger partial charge in [-0.15, -0.1) is 0 Å². The SMILES string of the molecule is c1ccc(N(c2ccc(-c3ccc4ccccc4c3)cc2)c2ccc(-c3ccc4oc5c6ccccc6c(-c6cccc7ccccc67)cc5c4c3)cc2)cc1. The molecule has 0 amide bonds. The summed E-state index contributed by atoms with van der Waals surface area (Å²) in [4.78, 5) is 2.32. The van der Waals surface area contributed by atoms with Crippen LogP contribution in [-0.4, -0.2) is 0 Å². The Morgan fingerprint density at radius 1 is 0.286 bits per heavy atom. The number of benzene rings is 10. The molecule has 262 valence electrons. The van der Waals surface area contributed by atoms with Crippen molar-refractivity contribution in [2.75, 3.05) is 4.90 Å². The molecule has 0 radical (unpaired) electrons. The van der Waals surface area contributed by atoms with Gasteiger partial charge in [-0.05, 0) is 121 Å². The fraction of sp³-hybridized carbons (Fsp3) is 0. The van der Waals surface area contributed by atoms with Crippen molar-refractivity contribution in [3.8, 4) is 33.4 Å². The van der Waals surface area contributed by atoms with Crippen LogP contribution in [0.2, 0.25) is 0 Å². The normalized spacial score (nSPS) is 11.6. The van der Waals surface area contributed by atoms with Gasteiger partial charge in [0, 0.05) is 33.2 Å². The minimum atomic E-state index is 0.892. The summed E-state index contributed by atoms with van der Waals surface area (Å²) in [5.41, 5.74) is 12.3. The maximum Gasteiger partial charge on any atom is 0.143 e. The van der Waals surface area contributed by atoms with E-state index in [0.717, 1.165) is 55.5 Å². The zero-order valence-corrected chi connectivity index (χ0v) is 30.6. The average Bonchev–Trinajstić information content (AvgIpc) is 3.65. The Kier molecular flexibility index (Phi) is 7.53. The summed E-state index contributed by atoms with van der Waals surface area (Å²) in [6.45, 7) is 0. The highest BCUT2D eigenvalue weighted by Gasteiger charge is 2.18. The lowest BCUT2D eigenvalue weighted by atomic mass is 9.92. The Bertz CT molecular complexity index is 3230. The van der Waals surface area contributed by atoms with E-state index in [4.69, 9.17) is 4.42 Å².